The van der Waals surface area contributed by atoms with Crippen LogP contribution in [-0.2, 0) is 9.53 Å². The van der Waals surface area contributed by atoms with Gasteiger partial charge in [0, 0.05) is 5.57 Å². The maximum atomic E-state index is 12.1. The summed E-state index contributed by atoms with van der Waals surface area (Å²) in [5.41, 5.74) is 1.98. The number of ether oxygens (including phenoxy) is 1. The van der Waals surface area contributed by atoms with E-state index in [4.69, 9.17) is 9.84 Å². The molecule has 0 aromatic heterocycles. The zero-order chi connectivity index (χ0) is 18.9. The third-order valence-corrected chi connectivity index (χ3v) is 3.55. The molecule has 0 heterocycles. The van der Waals surface area contributed by atoms with Crippen LogP contribution < -0.4 is 0 Å². The van der Waals surface area contributed by atoms with Gasteiger partial charge in [-0.2, -0.15) is 5.26 Å². The van der Waals surface area contributed by atoms with Gasteiger partial charge in [-0.05, 0) is 30.2 Å². The number of nitriles is 1. The van der Waals surface area contributed by atoms with E-state index < -0.39 is 11.9 Å². The number of aromatic carboxylic acids is 1. The largest absolute Gasteiger partial charge is 0.478 e. The van der Waals surface area contributed by atoms with Crippen molar-refractivity contribution < 1.29 is 19.4 Å². The van der Waals surface area contributed by atoms with Crippen LogP contribution in [0, 0.1) is 11.3 Å². The van der Waals surface area contributed by atoms with Gasteiger partial charge in [-0.15, -0.1) is 0 Å². The first-order valence-corrected chi connectivity index (χ1v) is 7.95. The predicted octanol–water partition coefficient (Wildman–Crippen LogP) is 3.94. The Bertz CT molecular complexity index is 888. The zero-order valence-electron chi connectivity index (χ0n) is 14.2. The van der Waals surface area contributed by atoms with Crippen LogP contribution in [0.2, 0.25) is 0 Å². The molecule has 1 N–H and O–H groups in total. The monoisotopic (exact) mass is 347 g/mol. The number of hydrogen-bond acceptors (Lipinski definition) is 4. The Morgan fingerprint density at radius 3 is 2.27 bits per heavy atom. The molecule has 0 aliphatic rings. The molecule has 0 fully saturated rings. The molecular weight excluding hydrogens is 330 g/mol. The van der Waals surface area contributed by atoms with E-state index in [-0.39, 0.29) is 17.7 Å². The molecule has 0 spiro atoms. The summed E-state index contributed by atoms with van der Waals surface area (Å²) < 4.78 is 4.97. The van der Waals surface area contributed by atoms with Gasteiger partial charge >= 0.3 is 11.9 Å². The number of carbonyl (C=O) groups is 2. The van der Waals surface area contributed by atoms with Crippen LogP contribution >= 0.6 is 0 Å². The van der Waals surface area contributed by atoms with E-state index in [1.54, 1.807) is 43.3 Å². The number of nitrogens with zero attached hydrogens (tertiary/aromatic N) is 1. The number of allylic oxidation sites excluding steroid dienone is 2. The van der Waals surface area contributed by atoms with E-state index in [0.29, 0.717) is 11.1 Å². The van der Waals surface area contributed by atoms with E-state index in [2.05, 4.69) is 0 Å². The lowest BCUT2D eigenvalue weighted by Gasteiger charge is -2.07. The molecule has 26 heavy (non-hydrogen) atoms. The molecule has 0 saturated heterocycles. The Kier molecular flexibility index (Phi) is 6.47. The average molecular weight is 347 g/mol. The first-order chi connectivity index (χ1) is 12.6. The molecule has 0 aliphatic heterocycles. The van der Waals surface area contributed by atoms with E-state index >= 15 is 0 Å². The van der Waals surface area contributed by atoms with E-state index in [1.807, 2.05) is 24.3 Å². The van der Waals surface area contributed by atoms with Crippen LogP contribution in [0.3, 0.4) is 0 Å². The molecule has 5 heteroatoms. The first-order valence-electron chi connectivity index (χ1n) is 7.95. The van der Waals surface area contributed by atoms with Crippen LogP contribution in [0.1, 0.15) is 28.4 Å². The summed E-state index contributed by atoms with van der Waals surface area (Å²) in [5, 5.41) is 18.4. The first kappa shape index (κ1) is 18.7. The topological polar surface area (TPSA) is 87.4 Å². The molecule has 0 bridgehead atoms. The normalized spacial score (nSPS) is 11.5. The lowest BCUT2D eigenvalue weighted by molar-refractivity contribution is -0.137. The van der Waals surface area contributed by atoms with Gasteiger partial charge in [-0.3, -0.25) is 0 Å². The van der Waals surface area contributed by atoms with Crippen molar-refractivity contribution in [3.8, 4) is 6.07 Å². The fourth-order valence-electron chi connectivity index (χ4n) is 2.28. The number of carboxylic acids is 1. The highest BCUT2D eigenvalue weighted by molar-refractivity contribution is 6.04. The minimum Gasteiger partial charge on any atom is -0.478 e. The van der Waals surface area contributed by atoms with Crippen LogP contribution in [-0.4, -0.2) is 23.7 Å². The van der Waals surface area contributed by atoms with Crippen molar-refractivity contribution in [2.45, 2.75) is 6.92 Å². The molecule has 0 saturated carbocycles. The van der Waals surface area contributed by atoms with Crippen LogP contribution in [0.4, 0.5) is 0 Å². The maximum Gasteiger partial charge on any atom is 0.349 e. The fourth-order valence-corrected chi connectivity index (χ4v) is 2.28. The summed E-state index contributed by atoms with van der Waals surface area (Å²) in [5.74, 6) is -1.68. The number of benzene rings is 2. The van der Waals surface area contributed by atoms with Gasteiger partial charge < -0.3 is 9.84 Å². The van der Waals surface area contributed by atoms with E-state index in [9.17, 15) is 14.9 Å². The van der Waals surface area contributed by atoms with Gasteiger partial charge in [0.05, 0.1) is 12.2 Å². The standard InChI is InChI=1S/C21H17NO4/c1-2-26-21(25)19(14-22)18(16-6-4-3-5-7-16)13-10-15-8-11-17(12-9-15)20(23)24/h3-13H,2H2,1H3,(H,23,24)/b13-10+,19-18-. The molecule has 0 amide bonds. The third kappa shape index (κ3) is 4.68. The van der Waals surface area contributed by atoms with Crippen molar-refractivity contribution >= 4 is 23.6 Å². The quantitative estimate of drug-likeness (QED) is 0.370. The van der Waals surface area contributed by atoms with Crippen molar-refractivity contribution in [3.63, 3.8) is 0 Å². The van der Waals surface area contributed by atoms with Crippen LogP contribution in [0.25, 0.3) is 11.6 Å². The van der Waals surface area contributed by atoms with Gasteiger partial charge in [-0.25, -0.2) is 9.59 Å². The molecule has 2 aromatic rings. The summed E-state index contributed by atoms with van der Waals surface area (Å²) in [4.78, 5) is 23.0. The molecule has 0 atom stereocenters. The van der Waals surface area contributed by atoms with Crippen molar-refractivity contribution in [1.82, 2.24) is 0 Å². The van der Waals surface area contributed by atoms with Crippen LogP contribution in [0.15, 0.2) is 66.2 Å². The van der Waals surface area contributed by atoms with Crippen molar-refractivity contribution in [2.75, 3.05) is 6.61 Å². The van der Waals surface area contributed by atoms with Crippen molar-refractivity contribution in [2.24, 2.45) is 0 Å². The molecule has 2 rings (SSSR count). The lowest BCUT2D eigenvalue weighted by Crippen LogP contribution is -2.08. The average Bonchev–Trinajstić information content (AvgIpc) is 2.66. The van der Waals surface area contributed by atoms with E-state index in [1.165, 1.54) is 12.1 Å². The summed E-state index contributed by atoms with van der Waals surface area (Å²) in [6, 6.07) is 17.3. The number of carbonyl (C=O) groups excluding carboxylic acids is 1. The molecule has 0 unspecified atom stereocenters. The van der Waals surface area contributed by atoms with Gasteiger partial charge in [0.15, 0.2) is 0 Å². The van der Waals surface area contributed by atoms with Crippen molar-refractivity contribution in [1.29, 1.82) is 5.26 Å². The molecule has 0 radical (unpaired) electrons. The maximum absolute atomic E-state index is 12.1. The second-order valence-electron chi connectivity index (χ2n) is 5.25. The highest BCUT2D eigenvalue weighted by atomic mass is 16.5. The Balaban J connectivity index is 2.46. The SMILES string of the molecule is CCOC(=O)/C(C#N)=C(/C=C/c1ccc(C(=O)O)cc1)c1ccccc1. The third-order valence-electron chi connectivity index (χ3n) is 3.55. The van der Waals surface area contributed by atoms with Gasteiger partial charge in [0.2, 0.25) is 0 Å². The van der Waals surface area contributed by atoms with E-state index in [0.717, 1.165) is 5.56 Å². The minimum absolute atomic E-state index is 0.0866. The second-order valence-corrected chi connectivity index (χ2v) is 5.25. The van der Waals surface area contributed by atoms with Gasteiger partial charge in [0.25, 0.3) is 0 Å². The lowest BCUT2D eigenvalue weighted by atomic mass is 9.99. The second kappa shape index (κ2) is 9.00. The summed E-state index contributed by atoms with van der Waals surface area (Å²) in [7, 11) is 0. The smallest absolute Gasteiger partial charge is 0.349 e. The molecule has 0 aliphatic carbocycles. The van der Waals surface area contributed by atoms with Gasteiger partial charge in [-0.1, -0.05) is 54.6 Å². The Hall–Kier alpha value is -3.65. The fraction of sp³-hybridized carbons (Fsp3) is 0.0952. The predicted molar refractivity (Wildman–Crippen MR) is 98.0 cm³/mol. The molecule has 5 nitrogen and oxygen atoms in total. The van der Waals surface area contributed by atoms with Gasteiger partial charge in [0.1, 0.15) is 11.6 Å². The molecule has 2 aromatic carbocycles. The van der Waals surface area contributed by atoms with Crippen LogP contribution in [0.5, 0.6) is 0 Å². The zero-order valence-corrected chi connectivity index (χ0v) is 14.2. The molecule has 130 valence electrons. The van der Waals surface area contributed by atoms with Crippen molar-refractivity contribution in [3.05, 3.63) is 82.9 Å². The Morgan fingerprint density at radius 1 is 1.08 bits per heavy atom. The summed E-state index contributed by atoms with van der Waals surface area (Å²) >= 11 is 0. The summed E-state index contributed by atoms with van der Waals surface area (Å²) in [6.45, 7) is 1.85. The highest BCUT2D eigenvalue weighted by Gasteiger charge is 2.16. The Labute approximate surface area is 151 Å². The number of hydrogen-bond donors (Lipinski definition) is 1. The minimum atomic E-state index is -1.00. The molecular formula is C21H17NO4. The number of esters is 1. The number of rotatable bonds is 6. The highest BCUT2D eigenvalue weighted by Crippen LogP contribution is 2.22. The Morgan fingerprint density at radius 2 is 1.73 bits per heavy atom. The summed E-state index contributed by atoms with van der Waals surface area (Å²) in [6.07, 6.45) is 3.37. The number of carboxylic acid groups (broad SMARTS) is 1.